The maximum absolute atomic E-state index is 9.75. The zero-order valence-electron chi connectivity index (χ0n) is 27.4. The van der Waals surface area contributed by atoms with Crippen molar-refractivity contribution in [1.82, 2.24) is 5.06 Å². The first-order chi connectivity index (χ1) is 16.4. The zero-order chi connectivity index (χ0) is 29.3. The van der Waals surface area contributed by atoms with Crippen molar-refractivity contribution < 1.29 is 23.2 Å². The summed E-state index contributed by atoms with van der Waals surface area (Å²) in [5.74, 6) is 0.164. The number of hydrogen-bond donors (Lipinski definition) is 1. The molecule has 0 bridgehead atoms. The molecule has 1 aliphatic rings. The van der Waals surface area contributed by atoms with E-state index in [-0.39, 0.29) is 46.1 Å². The zero-order valence-corrected chi connectivity index (χ0v) is 30.4. The molecule has 37 heavy (non-hydrogen) atoms. The smallest absolute Gasteiger partial charge is 0.194 e. The van der Waals surface area contributed by atoms with Crippen molar-refractivity contribution in [3.8, 4) is 0 Å². The number of nitrogens with zero attached hydrogens (tertiary/aromatic N) is 1. The summed E-state index contributed by atoms with van der Waals surface area (Å²) in [6, 6.07) is 0. The third-order valence-electron chi connectivity index (χ3n) is 9.59. The van der Waals surface area contributed by atoms with Crippen LogP contribution < -0.4 is 0 Å². The van der Waals surface area contributed by atoms with Crippen LogP contribution in [0.25, 0.3) is 0 Å². The van der Waals surface area contributed by atoms with E-state index in [1.807, 2.05) is 0 Å². The standard InChI is InChI=1S/C28H63NO5Si3/c1-22(17-19-30)25-23(33-36(13,14)27(5,6)7)21-24(34-37(15,16)28(8,9)10)29(32-25)18-20-31-35(11,12)26(2,3)4/h22-25,30H,17-21H2,1-16H3/t22-,23?,24?,25?/m0/s1. The molecule has 3 unspecified atom stereocenters. The van der Waals surface area contributed by atoms with E-state index in [1.165, 1.54) is 0 Å². The van der Waals surface area contributed by atoms with Gasteiger partial charge >= 0.3 is 0 Å². The van der Waals surface area contributed by atoms with E-state index < -0.39 is 25.0 Å². The summed E-state index contributed by atoms with van der Waals surface area (Å²) in [5, 5.41) is 12.1. The van der Waals surface area contributed by atoms with Gasteiger partial charge in [-0.15, -0.1) is 0 Å². The summed E-state index contributed by atoms with van der Waals surface area (Å²) >= 11 is 0. The molecule has 222 valence electrons. The normalized spacial score (nSPS) is 24.4. The largest absolute Gasteiger partial charge is 0.415 e. The quantitative estimate of drug-likeness (QED) is 0.253. The molecule has 6 nitrogen and oxygen atoms in total. The lowest BCUT2D eigenvalue weighted by atomic mass is 9.93. The summed E-state index contributed by atoms with van der Waals surface area (Å²) in [7, 11) is -5.99. The lowest BCUT2D eigenvalue weighted by molar-refractivity contribution is -0.322. The fraction of sp³-hybridized carbons (Fsp3) is 1.00. The molecule has 1 rings (SSSR count). The highest BCUT2D eigenvalue weighted by molar-refractivity contribution is 6.75. The molecule has 0 saturated carbocycles. The Morgan fingerprint density at radius 3 is 1.70 bits per heavy atom. The molecule has 0 radical (unpaired) electrons. The van der Waals surface area contributed by atoms with E-state index >= 15 is 0 Å². The number of rotatable bonds is 11. The van der Waals surface area contributed by atoms with Crippen LogP contribution in [-0.4, -0.2) is 73.3 Å². The summed E-state index contributed by atoms with van der Waals surface area (Å²) in [5.41, 5.74) is 0. The molecule has 0 amide bonds. The Morgan fingerprint density at radius 1 is 0.811 bits per heavy atom. The lowest BCUT2D eigenvalue weighted by Gasteiger charge is -2.51. The van der Waals surface area contributed by atoms with Gasteiger partial charge < -0.3 is 18.4 Å². The molecule has 1 fully saturated rings. The Kier molecular flexibility index (Phi) is 12.0. The van der Waals surface area contributed by atoms with Crippen molar-refractivity contribution in [2.45, 2.75) is 155 Å². The van der Waals surface area contributed by atoms with Gasteiger partial charge in [-0.2, -0.15) is 5.06 Å². The molecule has 0 aromatic carbocycles. The summed E-state index contributed by atoms with van der Waals surface area (Å²) in [6.07, 6.45) is 1.06. The maximum atomic E-state index is 9.75. The molecule has 1 saturated heterocycles. The molecule has 4 atom stereocenters. The van der Waals surface area contributed by atoms with Crippen LogP contribution in [0.1, 0.15) is 82.1 Å². The monoisotopic (exact) mass is 577 g/mol. The first kappa shape index (κ1) is 35.4. The molecule has 1 aliphatic heterocycles. The summed E-state index contributed by atoms with van der Waals surface area (Å²) in [4.78, 5) is 6.80. The molecular formula is C28H63NO5Si3. The Hall–Kier alpha value is 0.411. The Bertz CT molecular complexity index is 710. The fourth-order valence-electron chi connectivity index (χ4n) is 3.68. The second kappa shape index (κ2) is 12.5. The van der Waals surface area contributed by atoms with Gasteiger partial charge in [-0.05, 0) is 66.7 Å². The predicted octanol–water partition coefficient (Wildman–Crippen LogP) is 7.77. The van der Waals surface area contributed by atoms with Gasteiger partial charge in [-0.3, -0.25) is 4.84 Å². The molecule has 0 aromatic rings. The van der Waals surface area contributed by atoms with Gasteiger partial charge in [0.25, 0.3) is 0 Å². The Morgan fingerprint density at radius 2 is 1.27 bits per heavy atom. The van der Waals surface area contributed by atoms with E-state index in [9.17, 15) is 5.11 Å². The van der Waals surface area contributed by atoms with Crippen molar-refractivity contribution in [2.75, 3.05) is 19.8 Å². The molecule has 9 heteroatoms. The van der Waals surface area contributed by atoms with Crippen LogP contribution in [0.4, 0.5) is 0 Å². The summed E-state index contributed by atoms with van der Waals surface area (Å²) < 4.78 is 20.6. The van der Waals surface area contributed by atoms with E-state index in [1.54, 1.807) is 0 Å². The first-order valence-corrected chi connectivity index (χ1v) is 23.1. The SMILES string of the molecule is C[C@@H](CCO)C1ON(CCO[Si](C)(C)C(C)(C)C)C(O[Si](C)(C)C(C)(C)C)CC1O[Si](C)(C)C(C)(C)C. The molecule has 0 aliphatic carbocycles. The van der Waals surface area contributed by atoms with Crippen LogP contribution in [0.3, 0.4) is 0 Å². The van der Waals surface area contributed by atoms with E-state index in [0.29, 0.717) is 19.6 Å². The summed E-state index contributed by atoms with van der Waals surface area (Å²) in [6.45, 7) is 37.9. The number of hydroxylamine groups is 2. The van der Waals surface area contributed by atoms with Gasteiger partial charge in [0.05, 0.1) is 6.10 Å². The van der Waals surface area contributed by atoms with Crippen LogP contribution in [0.5, 0.6) is 0 Å². The van der Waals surface area contributed by atoms with Gasteiger partial charge in [-0.25, -0.2) is 0 Å². The van der Waals surface area contributed by atoms with Gasteiger partial charge in [0.2, 0.25) is 0 Å². The topological polar surface area (TPSA) is 60.4 Å². The second-order valence-corrected chi connectivity index (χ2v) is 30.1. The van der Waals surface area contributed by atoms with Crippen molar-refractivity contribution >= 4 is 25.0 Å². The molecule has 1 N–H and O–H groups in total. The van der Waals surface area contributed by atoms with Gasteiger partial charge in [0, 0.05) is 26.2 Å². The Balaban J connectivity index is 3.32. The number of aliphatic hydroxyl groups is 1. The van der Waals surface area contributed by atoms with Crippen LogP contribution in [0.15, 0.2) is 0 Å². The van der Waals surface area contributed by atoms with Gasteiger partial charge in [0.15, 0.2) is 25.0 Å². The average Bonchev–Trinajstić information content (AvgIpc) is 2.66. The highest BCUT2D eigenvalue weighted by Crippen LogP contribution is 2.43. The third kappa shape index (κ3) is 9.49. The van der Waals surface area contributed by atoms with Gasteiger partial charge in [0.1, 0.15) is 12.3 Å². The lowest BCUT2D eigenvalue weighted by Crippen LogP contribution is -2.61. The van der Waals surface area contributed by atoms with Gasteiger partial charge in [-0.1, -0.05) is 69.2 Å². The molecule has 1 heterocycles. The van der Waals surface area contributed by atoms with Crippen LogP contribution in [0.2, 0.25) is 54.4 Å². The third-order valence-corrected chi connectivity index (χ3v) is 23.1. The van der Waals surface area contributed by atoms with E-state index in [4.69, 9.17) is 18.1 Å². The van der Waals surface area contributed by atoms with Crippen molar-refractivity contribution in [1.29, 1.82) is 0 Å². The highest BCUT2D eigenvalue weighted by Gasteiger charge is 2.49. The average molecular weight is 578 g/mol. The second-order valence-electron chi connectivity index (χ2n) is 15.8. The van der Waals surface area contributed by atoms with Crippen molar-refractivity contribution in [3.05, 3.63) is 0 Å². The predicted molar refractivity (Wildman–Crippen MR) is 164 cm³/mol. The first-order valence-electron chi connectivity index (χ1n) is 14.4. The van der Waals surface area contributed by atoms with Crippen molar-refractivity contribution in [3.63, 3.8) is 0 Å². The van der Waals surface area contributed by atoms with E-state index in [2.05, 4.69) is 114 Å². The van der Waals surface area contributed by atoms with Crippen LogP contribution in [-0.2, 0) is 18.1 Å². The minimum Gasteiger partial charge on any atom is -0.415 e. The Labute approximate surface area is 233 Å². The maximum Gasteiger partial charge on any atom is 0.194 e. The highest BCUT2D eigenvalue weighted by atomic mass is 28.4. The van der Waals surface area contributed by atoms with E-state index in [0.717, 1.165) is 6.42 Å². The molecule has 0 spiro atoms. The minimum atomic E-state index is -2.07. The number of hydrogen-bond acceptors (Lipinski definition) is 6. The fourth-order valence-corrected chi connectivity index (χ4v) is 7.30. The number of aliphatic hydroxyl groups excluding tert-OH is 1. The molecule has 0 aromatic heterocycles. The van der Waals surface area contributed by atoms with Crippen LogP contribution in [0, 0.1) is 5.92 Å². The minimum absolute atomic E-state index is 0.0743. The van der Waals surface area contributed by atoms with Crippen molar-refractivity contribution in [2.24, 2.45) is 5.92 Å². The molecular weight excluding hydrogens is 515 g/mol. The van der Waals surface area contributed by atoms with Crippen LogP contribution >= 0.6 is 0 Å².